The number of aryl methyl sites for hydroxylation is 1. The van der Waals surface area contributed by atoms with E-state index in [9.17, 15) is 0 Å². The topological polar surface area (TPSA) is 49.8 Å². The smallest absolute Gasteiger partial charge is 0.103 e. The van der Waals surface area contributed by atoms with E-state index < -0.39 is 0 Å². The Hall–Kier alpha value is -0.440. The summed E-state index contributed by atoms with van der Waals surface area (Å²) in [5.41, 5.74) is 8.06. The SMILES string of the molecule is Cc1cc2c(c(C#N)c1N)SSS2. The molecule has 1 aromatic rings. The van der Waals surface area contributed by atoms with Crippen LogP contribution in [-0.4, -0.2) is 0 Å². The lowest BCUT2D eigenvalue weighted by molar-refractivity contribution is 1.20. The first kappa shape index (κ1) is 9.13. The fourth-order valence-electron chi connectivity index (χ4n) is 1.13. The highest BCUT2D eigenvalue weighted by Crippen LogP contribution is 2.57. The maximum Gasteiger partial charge on any atom is 0.103 e. The van der Waals surface area contributed by atoms with Crippen molar-refractivity contribution in [2.24, 2.45) is 0 Å². The number of benzene rings is 1. The summed E-state index contributed by atoms with van der Waals surface area (Å²) in [6.07, 6.45) is 0. The first-order valence-corrected chi connectivity index (χ1v) is 7.06. The minimum Gasteiger partial charge on any atom is -0.397 e. The van der Waals surface area contributed by atoms with Crippen LogP contribution in [0.1, 0.15) is 11.1 Å². The van der Waals surface area contributed by atoms with E-state index in [0.29, 0.717) is 11.3 Å². The van der Waals surface area contributed by atoms with Crippen molar-refractivity contribution in [3.8, 4) is 6.07 Å². The molecular formula is C8H6N2S3. The van der Waals surface area contributed by atoms with Crippen molar-refractivity contribution < 1.29 is 0 Å². The van der Waals surface area contributed by atoms with Crippen LogP contribution in [0.3, 0.4) is 0 Å². The molecule has 1 heterocycles. The van der Waals surface area contributed by atoms with Crippen molar-refractivity contribution in [2.75, 3.05) is 5.73 Å². The number of hydrogen-bond donors (Lipinski definition) is 1. The minimum atomic E-state index is 0.622. The summed E-state index contributed by atoms with van der Waals surface area (Å²) in [4.78, 5) is 2.19. The van der Waals surface area contributed by atoms with Crippen LogP contribution < -0.4 is 5.73 Å². The lowest BCUT2D eigenvalue weighted by Gasteiger charge is -2.05. The fourth-order valence-corrected chi connectivity index (χ4v) is 5.67. The van der Waals surface area contributed by atoms with E-state index in [4.69, 9.17) is 11.0 Å². The van der Waals surface area contributed by atoms with Gasteiger partial charge in [-0.2, -0.15) is 5.26 Å². The quantitative estimate of drug-likeness (QED) is 0.544. The number of nitrogen functional groups attached to an aromatic ring is 1. The Morgan fingerprint density at radius 2 is 2.23 bits per heavy atom. The summed E-state index contributed by atoms with van der Waals surface area (Å²) in [5, 5.41) is 8.95. The van der Waals surface area contributed by atoms with Gasteiger partial charge in [0.15, 0.2) is 0 Å². The lowest BCUT2D eigenvalue weighted by Crippen LogP contribution is -1.96. The zero-order valence-corrected chi connectivity index (χ0v) is 9.28. The molecule has 0 unspecified atom stereocenters. The number of fused-ring (bicyclic) bond motifs is 1. The monoisotopic (exact) mass is 226 g/mol. The summed E-state index contributed by atoms with van der Waals surface area (Å²) in [6.45, 7) is 1.94. The maximum absolute atomic E-state index is 8.95. The van der Waals surface area contributed by atoms with Crippen LogP contribution in [0.15, 0.2) is 15.9 Å². The molecule has 0 radical (unpaired) electrons. The standard InChI is InChI=1S/C8H6N2S3/c1-4-2-6-8(12-13-11-6)5(3-9)7(4)10/h2H,10H2,1H3. The van der Waals surface area contributed by atoms with Gasteiger partial charge in [-0.25, -0.2) is 0 Å². The van der Waals surface area contributed by atoms with Gasteiger partial charge in [0.1, 0.15) is 6.07 Å². The van der Waals surface area contributed by atoms with Gasteiger partial charge in [-0.1, -0.05) is 0 Å². The molecule has 5 heteroatoms. The highest BCUT2D eigenvalue weighted by Gasteiger charge is 2.20. The third-order valence-corrected chi connectivity index (χ3v) is 5.87. The molecule has 1 aromatic carbocycles. The van der Waals surface area contributed by atoms with Crippen molar-refractivity contribution in [1.29, 1.82) is 5.26 Å². The molecule has 2 rings (SSSR count). The predicted octanol–water partition coefficient (Wildman–Crippen LogP) is 3.21. The van der Waals surface area contributed by atoms with Gasteiger partial charge >= 0.3 is 0 Å². The van der Waals surface area contributed by atoms with Crippen LogP contribution in [-0.2, 0) is 0 Å². The summed E-state index contributed by atoms with van der Waals surface area (Å²) < 4.78 is 0. The number of nitrogens with zero attached hydrogens (tertiary/aromatic N) is 1. The van der Waals surface area contributed by atoms with Gasteiger partial charge in [0.2, 0.25) is 0 Å². The van der Waals surface area contributed by atoms with Crippen LogP contribution >= 0.6 is 31.4 Å². The molecular weight excluding hydrogens is 220 g/mol. The van der Waals surface area contributed by atoms with Crippen LogP contribution in [0.2, 0.25) is 0 Å². The molecule has 66 valence electrons. The van der Waals surface area contributed by atoms with Crippen LogP contribution in [0, 0.1) is 18.3 Å². The van der Waals surface area contributed by atoms with Crippen LogP contribution in [0.25, 0.3) is 0 Å². The van der Waals surface area contributed by atoms with Crippen LogP contribution in [0.4, 0.5) is 5.69 Å². The number of rotatable bonds is 0. The summed E-state index contributed by atoms with van der Waals surface area (Å²) in [5.74, 6) is 0. The molecule has 0 spiro atoms. The Bertz CT molecular complexity index is 409. The van der Waals surface area contributed by atoms with E-state index in [1.54, 1.807) is 31.4 Å². The molecule has 13 heavy (non-hydrogen) atoms. The van der Waals surface area contributed by atoms with Gasteiger partial charge in [0, 0.05) is 4.90 Å². The third-order valence-electron chi connectivity index (χ3n) is 1.85. The molecule has 0 aromatic heterocycles. The average Bonchev–Trinajstić information content (AvgIpc) is 2.54. The molecule has 0 fully saturated rings. The molecule has 0 aliphatic carbocycles. The maximum atomic E-state index is 8.95. The lowest BCUT2D eigenvalue weighted by atomic mass is 10.1. The number of hydrogen-bond acceptors (Lipinski definition) is 5. The van der Waals surface area contributed by atoms with Crippen molar-refractivity contribution in [3.63, 3.8) is 0 Å². The predicted molar refractivity (Wildman–Crippen MR) is 59.6 cm³/mol. The Balaban J connectivity index is 2.73. The molecule has 2 N–H and O–H groups in total. The Morgan fingerprint density at radius 1 is 1.46 bits per heavy atom. The van der Waals surface area contributed by atoms with Crippen molar-refractivity contribution in [3.05, 3.63) is 17.2 Å². The molecule has 2 nitrogen and oxygen atoms in total. The van der Waals surface area contributed by atoms with Gasteiger partial charge in [-0.05, 0) is 50.0 Å². The summed E-state index contributed by atoms with van der Waals surface area (Å²) in [7, 11) is 4.99. The Labute approximate surface area is 88.1 Å². The second-order valence-electron chi connectivity index (χ2n) is 2.66. The second kappa shape index (κ2) is 3.37. The first-order chi connectivity index (χ1) is 6.24. The molecule has 0 saturated heterocycles. The minimum absolute atomic E-state index is 0.622. The molecule has 0 bridgehead atoms. The van der Waals surface area contributed by atoms with Crippen molar-refractivity contribution in [2.45, 2.75) is 16.7 Å². The number of anilines is 1. The van der Waals surface area contributed by atoms with Gasteiger partial charge in [-0.15, -0.1) is 0 Å². The van der Waals surface area contributed by atoms with Crippen molar-refractivity contribution >= 4 is 37.1 Å². The van der Waals surface area contributed by atoms with Gasteiger partial charge < -0.3 is 5.73 Å². The first-order valence-electron chi connectivity index (χ1n) is 3.58. The zero-order chi connectivity index (χ0) is 9.42. The largest absolute Gasteiger partial charge is 0.397 e. The zero-order valence-electron chi connectivity index (χ0n) is 6.83. The van der Waals surface area contributed by atoms with E-state index in [1.165, 1.54) is 4.90 Å². The van der Waals surface area contributed by atoms with E-state index >= 15 is 0 Å². The highest BCUT2D eigenvalue weighted by atomic mass is 33.5. The molecule has 0 atom stereocenters. The Kier molecular flexibility index (Phi) is 2.37. The highest BCUT2D eigenvalue weighted by molar-refractivity contribution is 9.10. The Morgan fingerprint density at radius 3 is 2.92 bits per heavy atom. The van der Waals surface area contributed by atoms with Gasteiger partial charge in [0.05, 0.1) is 16.1 Å². The van der Waals surface area contributed by atoms with E-state index in [1.807, 2.05) is 13.0 Å². The van der Waals surface area contributed by atoms with Crippen molar-refractivity contribution in [1.82, 2.24) is 0 Å². The van der Waals surface area contributed by atoms with E-state index in [2.05, 4.69) is 6.07 Å². The molecule has 1 aliphatic rings. The van der Waals surface area contributed by atoms with E-state index in [-0.39, 0.29) is 0 Å². The summed E-state index contributed by atoms with van der Waals surface area (Å²) in [6, 6.07) is 4.21. The second-order valence-corrected chi connectivity index (χ2v) is 6.61. The van der Waals surface area contributed by atoms with Crippen LogP contribution in [0.5, 0.6) is 0 Å². The van der Waals surface area contributed by atoms with Gasteiger partial charge in [-0.3, -0.25) is 0 Å². The number of nitriles is 1. The average molecular weight is 226 g/mol. The third kappa shape index (κ3) is 1.39. The fraction of sp³-hybridized carbons (Fsp3) is 0.125. The normalized spacial score (nSPS) is 13.8. The molecule has 0 amide bonds. The number of nitrogens with two attached hydrogens (primary N) is 1. The summed E-state index contributed by atoms with van der Waals surface area (Å²) >= 11 is 0. The van der Waals surface area contributed by atoms with Gasteiger partial charge in [0.25, 0.3) is 0 Å². The molecule has 0 saturated carbocycles. The van der Waals surface area contributed by atoms with E-state index in [0.717, 1.165) is 10.5 Å². The molecule has 1 aliphatic heterocycles.